The number of anilines is 2. The lowest BCUT2D eigenvalue weighted by Gasteiger charge is -2.35. The molecule has 0 bridgehead atoms. The Kier molecular flexibility index (Phi) is 10.4. The second-order valence-corrected chi connectivity index (χ2v) is 12.4. The van der Waals surface area contributed by atoms with Crippen molar-refractivity contribution in [2.45, 2.75) is 51.9 Å². The van der Waals surface area contributed by atoms with Crippen LogP contribution in [-0.4, -0.2) is 67.4 Å². The first-order chi connectivity index (χ1) is 21.7. The molecule has 10 heteroatoms. The molecular formula is C35H44N4O6. The monoisotopic (exact) mass is 616 g/mol. The molecule has 2 fully saturated rings. The molecule has 1 unspecified atom stereocenters. The molecule has 2 aromatic heterocycles. The van der Waals surface area contributed by atoms with E-state index in [0.717, 1.165) is 50.0 Å². The number of carbonyl (C=O) groups is 2. The van der Waals surface area contributed by atoms with Crippen LogP contribution < -0.4 is 24.0 Å². The van der Waals surface area contributed by atoms with E-state index in [1.54, 1.807) is 31.4 Å². The molecule has 3 heterocycles. The van der Waals surface area contributed by atoms with E-state index in [2.05, 4.69) is 28.7 Å². The number of pyridine rings is 2. The highest BCUT2D eigenvalue weighted by Crippen LogP contribution is 2.45. The van der Waals surface area contributed by atoms with Crippen molar-refractivity contribution in [2.75, 3.05) is 50.3 Å². The zero-order valence-corrected chi connectivity index (χ0v) is 26.6. The zero-order valence-electron chi connectivity index (χ0n) is 26.6. The van der Waals surface area contributed by atoms with Gasteiger partial charge in [0.15, 0.2) is 0 Å². The Hall–Kier alpha value is -4.34. The first-order valence-electron chi connectivity index (χ1n) is 15.8. The lowest BCUT2D eigenvalue weighted by Crippen LogP contribution is -2.39. The van der Waals surface area contributed by atoms with Gasteiger partial charge in [0, 0.05) is 44.0 Å². The molecule has 1 aliphatic carbocycles. The second-order valence-electron chi connectivity index (χ2n) is 12.4. The van der Waals surface area contributed by atoms with Crippen molar-refractivity contribution in [3.63, 3.8) is 0 Å². The second kappa shape index (κ2) is 14.6. The van der Waals surface area contributed by atoms with Gasteiger partial charge in [0.05, 0.1) is 38.5 Å². The van der Waals surface area contributed by atoms with Gasteiger partial charge in [-0.3, -0.25) is 14.5 Å². The van der Waals surface area contributed by atoms with Crippen LogP contribution in [0.15, 0.2) is 54.7 Å². The molecule has 1 aliphatic heterocycles. The third kappa shape index (κ3) is 8.23. The summed E-state index contributed by atoms with van der Waals surface area (Å²) in [5.74, 6) is 2.34. The van der Waals surface area contributed by atoms with Gasteiger partial charge in [0.25, 0.3) is 5.91 Å². The van der Waals surface area contributed by atoms with E-state index in [-0.39, 0.29) is 24.2 Å². The average Bonchev–Trinajstić information content (AvgIpc) is 3.90. The number of benzene rings is 1. The number of nitrogens with zero attached hydrogens (tertiary/aromatic N) is 4. The Balaban J connectivity index is 1.27. The molecule has 0 radical (unpaired) electrons. The summed E-state index contributed by atoms with van der Waals surface area (Å²) in [6.45, 7) is 6.73. The predicted octanol–water partition coefficient (Wildman–Crippen LogP) is 6.06. The van der Waals surface area contributed by atoms with Crippen LogP contribution in [0.3, 0.4) is 0 Å². The highest BCUT2D eigenvalue weighted by molar-refractivity contribution is 6.09. The number of carboxylic acids is 1. The van der Waals surface area contributed by atoms with Crippen LogP contribution in [0.4, 0.5) is 11.5 Å². The van der Waals surface area contributed by atoms with Gasteiger partial charge in [-0.15, -0.1) is 0 Å². The topological polar surface area (TPSA) is 114 Å². The summed E-state index contributed by atoms with van der Waals surface area (Å²) in [6.07, 6.45) is 5.78. The molecule has 10 nitrogen and oxygen atoms in total. The summed E-state index contributed by atoms with van der Waals surface area (Å²) in [7, 11) is 3.20. The molecule has 1 aromatic carbocycles. The zero-order chi connectivity index (χ0) is 31.9. The molecule has 3 aromatic rings. The maximum atomic E-state index is 14.2. The molecular weight excluding hydrogens is 572 g/mol. The fourth-order valence-corrected chi connectivity index (χ4v) is 6.06. The Morgan fingerprint density at radius 2 is 1.78 bits per heavy atom. The van der Waals surface area contributed by atoms with E-state index in [9.17, 15) is 14.7 Å². The normalized spacial score (nSPS) is 15.9. The van der Waals surface area contributed by atoms with Gasteiger partial charge in [-0.25, -0.2) is 4.98 Å². The number of carboxylic acid groups (broad SMARTS) is 1. The van der Waals surface area contributed by atoms with Crippen LogP contribution in [0.1, 0.15) is 67.8 Å². The number of ether oxygens (including phenoxy) is 3. The lowest BCUT2D eigenvalue weighted by molar-refractivity contribution is -0.137. The summed E-state index contributed by atoms with van der Waals surface area (Å²) in [5, 5.41) is 9.39. The maximum Gasteiger partial charge on any atom is 0.303 e. The van der Waals surface area contributed by atoms with Gasteiger partial charge < -0.3 is 24.2 Å². The summed E-state index contributed by atoms with van der Waals surface area (Å²) >= 11 is 0. The van der Waals surface area contributed by atoms with Crippen LogP contribution in [0.5, 0.6) is 17.5 Å². The third-order valence-electron chi connectivity index (χ3n) is 8.62. The SMILES string of the molecule is COc1ccc(C(=O)N(CC(C)C)c2cccc(OC)n2)c(N2CCC(COc3cc(C(CC(=O)O)C4CC4)ccn3)CC2)c1. The number of rotatable bonds is 14. The number of methoxy groups -OCH3 is 2. The quantitative estimate of drug-likeness (QED) is 0.231. The fraction of sp³-hybridized carbons (Fsp3) is 0.486. The molecule has 1 saturated carbocycles. The van der Waals surface area contributed by atoms with Gasteiger partial charge in [0.2, 0.25) is 11.8 Å². The molecule has 1 N–H and O–H groups in total. The van der Waals surface area contributed by atoms with Crippen LogP contribution >= 0.6 is 0 Å². The Labute approximate surface area is 265 Å². The van der Waals surface area contributed by atoms with Crippen molar-refractivity contribution in [2.24, 2.45) is 17.8 Å². The van der Waals surface area contributed by atoms with Gasteiger partial charge in [0.1, 0.15) is 11.6 Å². The van der Waals surface area contributed by atoms with E-state index in [1.165, 1.54) is 0 Å². The summed E-state index contributed by atoms with van der Waals surface area (Å²) < 4.78 is 17.0. The molecule has 0 spiro atoms. The van der Waals surface area contributed by atoms with E-state index < -0.39 is 5.97 Å². The van der Waals surface area contributed by atoms with Crippen molar-refractivity contribution in [1.82, 2.24) is 9.97 Å². The minimum Gasteiger partial charge on any atom is -0.497 e. The summed E-state index contributed by atoms with van der Waals surface area (Å²) in [5.41, 5.74) is 2.43. The van der Waals surface area contributed by atoms with E-state index >= 15 is 0 Å². The Morgan fingerprint density at radius 3 is 2.44 bits per heavy atom. The van der Waals surface area contributed by atoms with Gasteiger partial charge in [-0.2, -0.15) is 4.98 Å². The molecule has 5 rings (SSSR count). The first-order valence-corrected chi connectivity index (χ1v) is 15.8. The van der Waals surface area contributed by atoms with E-state index in [1.807, 2.05) is 42.5 Å². The highest BCUT2D eigenvalue weighted by atomic mass is 16.5. The Bertz CT molecular complexity index is 1470. The molecule has 1 amide bonds. The maximum absolute atomic E-state index is 14.2. The van der Waals surface area contributed by atoms with Gasteiger partial charge in [-0.05, 0) is 79.2 Å². The number of aliphatic carboxylic acids is 1. The molecule has 240 valence electrons. The highest BCUT2D eigenvalue weighted by Gasteiger charge is 2.34. The predicted molar refractivity (Wildman–Crippen MR) is 173 cm³/mol. The first kappa shape index (κ1) is 32.1. The number of hydrogen-bond acceptors (Lipinski definition) is 8. The van der Waals surface area contributed by atoms with E-state index in [4.69, 9.17) is 14.2 Å². The van der Waals surface area contributed by atoms with Crippen molar-refractivity contribution in [3.8, 4) is 17.5 Å². The van der Waals surface area contributed by atoms with Crippen molar-refractivity contribution >= 4 is 23.4 Å². The fourth-order valence-electron chi connectivity index (χ4n) is 6.06. The van der Waals surface area contributed by atoms with Crippen LogP contribution in [0.25, 0.3) is 0 Å². The summed E-state index contributed by atoms with van der Waals surface area (Å²) in [4.78, 5) is 38.5. The van der Waals surface area contributed by atoms with Crippen molar-refractivity contribution in [3.05, 3.63) is 65.9 Å². The van der Waals surface area contributed by atoms with Crippen LogP contribution in [0, 0.1) is 17.8 Å². The number of piperidine rings is 1. The van der Waals surface area contributed by atoms with Crippen molar-refractivity contribution < 1.29 is 28.9 Å². The molecule has 45 heavy (non-hydrogen) atoms. The van der Waals surface area contributed by atoms with Gasteiger partial charge >= 0.3 is 5.97 Å². The molecule has 2 aliphatic rings. The number of amides is 1. The standard InChI is InChI=1S/C35H44N4O6/c1-23(2)21-39(31-6-5-7-32(37-31)44-4)35(42)28-11-10-27(43-3)19-30(28)38-16-13-24(14-17-38)22-45-33-18-26(12-15-36-33)29(20-34(40)41)25-8-9-25/h5-7,10-12,15,18-19,23-25,29H,8-9,13-14,16-17,20-22H2,1-4H3,(H,40,41). The molecule has 1 atom stereocenters. The number of carbonyl (C=O) groups excluding carboxylic acids is 1. The number of aromatic nitrogens is 2. The van der Waals surface area contributed by atoms with Crippen LogP contribution in [0.2, 0.25) is 0 Å². The van der Waals surface area contributed by atoms with Crippen molar-refractivity contribution in [1.29, 1.82) is 0 Å². The third-order valence-corrected chi connectivity index (χ3v) is 8.62. The Morgan fingerprint density at radius 1 is 1.00 bits per heavy atom. The molecule has 1 saturated heterocycles. The minimum atomic E-state index is -0.775. The van der Waals surface area contributed by atoms with Crippen LogP contribution in [-0.2, 0) is 4.79 Å². The summed E-state index contributed by atoms with van der Waals surface area (Å²) in [6, 6.07) is 14.9. The van der Waals surface area contributed by atoms with Gasteiger partial charge in [-0.1, -0.05) is 19.9 Å². The minimum absolute atomic E-state index is 0.00650. The lowest BCUT2D eigenvalue weighted by atomic mass is 9.92. The number of hydrogen-bond donors (Lipinski definition) is 1. The average molecular weight is 617 g/mol. The smallest absolute Gasteiger partial charge is 0.303 e. The largest absolute Gasteiger partial charge is 0.497 e. The van der Waals surface area contributed by atoms with E-state index in [0.29, 0.717) is 53.9 Å².